The molecule has 1 atom stereocenters. The molecular weight excluding hydrogens is 234 g/mol. The van der Waals surface area contributed by atoms with Crippen LogP contribution >= 0.6 is 11.3 Å². The molecule has 5 heteroatoms. The molecule has 1 aliphatic heterocycles. The largest absolute Gasteiger partial charge is 0.341 e. The summed E-state index contributed by atoms with van der Waals surface area (Å²) in [6, 6.07) is 0.383. The summed E-state index contributed by atoms with van der Waals surface area (Å²) < 4.78 is 0. The smallest absolute Gasteiger partial charge is 0.239 e. The van der Waals surface area contributed by atoms with Crippen LogP contribution in [0.4, 0.5) is 0 Å². The van der Waals surface area contributed by atoms with E-state index in [1.807, 2.05) is 16.5 Å². The van der Waals surface area contributed by atoms with E-state index in [0.717, 1.165) is 30.9 Å². The maximum atomic E-state index is 12.0. The highest BCUT2D eigenvalue weighted by atomic mass is 32.1. The summed E-state index contributed by atoms with van der Waals surface area (Å²) in [7, 11) is 0. The van der Waals surface area contributed by atoms with Crippen LogP contribution in [0.2, 0.25) is 0 Å². The summed E-state index contributed by atoms with van der Waals surface area (Å²) in [6.45, 7) is 5.81. The predicted molar refractivity (Wildman–Crippen MR) is 69.1 cm³/mol. The molecule has 1 aromatic heterocycles. The number of aromatic nitrogens is 1. The van der Waals surface area contributed by atoms with E-state index in [0.29, 0.717) is 6.04 Å². The Bertz CT molecular complexity index is 364. The van der Waals surface area contributed by atoms with Gasteiger partial charge in [0.1, 0.15) is 0 Å². The first kappa shape index (κ1) is 12.5. The van der Waals surface area contributed by atoms with Crippen LogP contribution in [0.5, 0.6) is 0 Å². The number of nitrogens with zero attached hydrogens (tertiary/aromatic N) is 2. The number of carbonyl (C=O) groups is 1. The maximum Gasteiger partial charge on any atom is 0.239 e. The van der Waals surface area contributed by atoms with Gasteiger partial charge in [0.25, 0.3) is 0 Å². The number of likely N-dealkylation sites (tertiary alicyclic amines) is 1. The molecule has 1 saturated heterocycles. The van der Waals surface area contributed by atoms with Gasteiger partial charge in [-0.3, -0.25) is 4.79 Å². The van der Waals surface area contributed by atoms with Crippen molar-refractivity contribution in [1.29, 1.82) is 0 Å². The number of carbonyl (C=O) groups excluding carboxylic acids is 1. The number of hydrogen-bond donors (Lipinski definition) is 1. The van der Waals surface area contributed by atoms with Crippen LogP contribution in [0.1, 0.15) is 25.3 Å². The molecule has 2 rings (SSSR count). The van der Waals surface area contributed by atoms with Gasteiger partial charge in [-0.05, 0) is 6.42 Å². The van der Waals surface area contributed by atoms with Crippen LogP contribution in [-0.4, -0.2) is 41.0 Å². The normalized spacial score (nSPS) is 20.5. The average molecular weight is 253 g/mol. The van der Waals surface area contributed by atoms with E-state index in [1.165, 1.54) is 0 Å². The quantitative estimate of drug-likeness (QED) is 0.860. The highest BCUT2D eigenvalue weighted by Crippen LogP contribution is 2.13. The molecule has 4 nitrogen and oxygen atoms in total. The molecule has 2 heterocycles. The van der Waals surface area contributed by atoms with Gasteiger partial charge in [-0.25, -0.2) is 4.98 Å². The Morgan fingerprint density at radius 1 is 1.65 bits per heavy atom. The van der Waals surface area contributed by atoms with Crippen molar-refractivity contribution in [2.45, 2.75) is 38.8 Å². The topological polar surface area (TPSA) is 45.2 Å². The Morgan fingerprint density at radius 3 is 3.12 bits per heavy atom. The molecule has 0 bridgehead atoms. The van der Waals surface area contributed by atoms with Gasteiger partial charge < -0.3 is 10.2 Å². The van der Waals surface area contributed by atoms with Crippen LogP contribution < -0.4 is 5.32 Å². The van der Waals surface area contributed by atoms with Crippen molar-refractivity contribution in [2.24, 2.45) is 0 Å². The molecule has 94 valence electrons. The monoisotopic (exact) mass is 253 g/mol. The van der Waals surface area contributed by atoms with E-state index in [4.69, 9.17) is 0 Å². The number of amides is 1. The van der Waals surface area contributed by atoms with Gasteiger partial charge in [-0.1, -0.05) is 13.8 Å². The molecule has 0 aliphatic carbocycles. The molecule has 1 aromatic rings. The van der Waals surface area contributed by atoms with Crippen LogP contribution in [0.25, 0.3) is 0 Å². The van der Waals surface area contributed by atoms with Crippen molar-refractivity contribution < 1.29 is 4.79 Å². The van der Waals surface area contributed by atoms with Gasteiger partial charge in [0, 0.05) is 37.1 Å². The lowest BCUT2D eigenvalue weighted by molar-refractivity contribution is -0.129. The van der Waals surface area contributed by atoms with Crippen molar-refractivity contribution in [3.8, 4) is 0 Å². The molecule has 1 N–H and O–H groups in total. The minimum absolute atomic E-state index is 0.0197. The molecule has 0 spiro atoms. The fraction of sp³-hybridized carbons (Fsp3) is 0.667. The molecule has 0 aromatic carbocycles. The van der Waals surface area contributed by atoms with E-state index < -0.39 is 0 Å². The van der Waals surface area contributed by atoms with Crippen molar-refractivity contribution >= 4 is 17.2 Å². The summed E-state index contributed by atoms with van der Waals surface area (Å²) in [5.74, 6) is 0.246. The van der Waals surface area contributed by atoms with Crippen molar-refractivity contribution in [2.75, 3.05) is 13.1 Å². The van der Waals surface area contributed by atoms with Gasteiger partial charge >= 0.3 is 0 Å². The van der Waals surface area contributed by atoms with Gasteiger partial charge in [0.2, 0.25) is 5.91 Å². The highest BCUT2D eigenvalue weighted by molar-refractivity contribution is 7.09. The summed E-state index contributed by atoms with van der Waals surface area (Å²) >= 11 is 1.65. The van der Waals surface area contributed by atoms with E-state index in [2.05, 4.69) is 24.1 Å². The molecule has 0 radical (unpaired) electrons. The molecule has 1 amide bonds. The Morgan fingerprint density at radius 2 is 2.47 bits per heavy atom. The Balaban J connectivity index is 1.81. The Labute approximate surface area is 106 Å². The minimum Gasteiger partial charge on any atom is -0.341 e. The first-order valence-electron chi connectivity index (χ1n) is 6.10. The van der Waals surface area contributed by atoms with Crippen LogP contribution in [0, 0.1) is 0 Å². The first-order valence-corrected chi connectivity index (χ1v) is 6.98. The van der Waals surface area contributed by atoms with E-state index in [-0.39, 0.29) is 11.9 Å². The van der Waals surface area contributed by atoms with Gasteiger partial charge in [0.15, 0.2) is 0 Å². The average Bonchev–Trinajstić information content (AvgIpc) is 2.88. The lowest BCUT2D eigenvalue weighted by atomic mass is 10.2. The van der Waals surface area contributed by atoms with E-state index in [9.17, 15) is 4.79 Å². The molecule has 1 unspecified atom stereocenters. The van der Waals surface area contributed by atoms with Crippen LogP contribution in [0.3, 0.4) is 0 Å². The van der Waals surface area contributed by atoms with Crippen LogP contribution in [-0.2, 0) is 11.2 Å². The van der Waals surface area contributed by atoms with E-state index in [1.54, 1.807) is 11.3 Å². The molecular formula is C12H19N3OS. The molecule has 17 heavy (non-hydrogen) atoms. The third kappa shape index (κ3) is 3.26. The van der Waals surface area contributed by atoms with Gasteiger partial charge in [-0.15, -0.1) is 11.3 Å². The number of nitrogens with one attached hydrogen (secondary N) is 1. The second kappa shape index (κ2) is 5.60. The fourth-order valence-corrected chi connectivity index (χ4v) is 2.73. The zero-order valence-corrected chi connectivity index (χ0v) is 11.2. The number of thiazole rings is 1. The minimum atomic E-state index is 0.0197. The number of rotatable bonds is 5. The third-order valence-electron chi connectivity index (χ3n) is 2.91. The zero-order chi connectivity index (χ0) is 12.3. The lowest BCUT2D eigenvalue weighted by Gasteiger charge is -2.17. The molecule has 1 fully saturated rings. The number of hydrogen-bond acceptors (Lipinski definition) is 4. The zero-order valence-electron chi connectivity index (χ0n) is 10.3. The summed E-state index contributed by atoms with van der Waals surface area (Å²) in [6.07, 6.45) is 3.61. The van der Waals surface area contributed by atoms with Gasteiger partial charge in [-0.2, -0.15) is 0 Å². The van der Waals surface area contributed by atoms with Crippen molar-refractivity contribution in [1.82, 2.24) is 15.2 Å². The second-order valence-electron chi connectivity index (χ2n) is 4.66. The summed E-state index contributed by atoms with van der Waals surface area (Å²) in [4.78, 5) is 18.2. The Hall–Kier alpha value is -0.940. The Kier molecular flexibility index (Phi) is 4.12. The standard InChI is InChI=1S/C12H19N3OS/c1-9(2)14-10-3-6-15(12(10)16)7-4-11-13-5-8-17-11/h5,8-10,14H,3-4,6-7H2,1-2H3. The van der Waals surface area contributed by atoms with Crippen LogP contribution in [0.15, 0.2) is 11.6 Å². The molecule has 0 saturated carbocycles. The third-order valence-corrected chi connectivity index (χ3v) is 3.75. The SMILES string of the molecule is CC(C)NC1CCN(CCc2nccs2)C1=O. The van der Waals surface area contributed by atoms with Gasteiger partial charge in [0.05, 0.1) is 11.0 Å². The first-order chi connectivity index (χ1) is 8.16. The maximum absolute atomic E-state index is 12.0. The van der Waals surface area contributed by atoms with E-state index >= 15 is 0 Å². The molecule has 1 aliphatic rings. The summed E-state index contributed by atoms with van der Waals surface area (Å²) in [5, 5.41) is 6.40. The highest BCUT2D eigenvalue weighted by Gasteiger charge is 2.31. The second-order valence-corrected chi connectivity index (χ2v) is 5.64. The lowest BCUT2D eigenvalue weighted by Crippen LogP contribution is -2.41. The summed E-state index contributed by atoms with van der Waals surface area (Å²) in [5.41, 5.74) is 0. The van der Waals surface area contributed by atoms with Crippen molar-refractivity contribution in [3.05, 3.63) is 16.6 Å². The predicted octanol–water partition coefficient (Wildman–Crippen LogP) is 1.28. The fourth-order valence-electron chi connectivity index (χ4n) is 2.13. The van der Waals surface area contributed by atoms with Crippen molar-refractivity contribution in [3.63, 3.8) is 0 Å².